The molecule has 0 radical (unpaired) electrons. The summed E-state index contributed by atoms with van der Waals surface area (Å²) in [5.41, 5.74) is 0.884. The van der Waals surface area contributed by atoms with Crippen molar-refractivity contribution in [2.24, 2.45) is 11.8 Å². The Hall–Kier alpha value is -4.88. The van der Waals surface area contributed by atoms with Crippen molar-refractivity contribution in [2.45, 2.75) is 69.0 Å². The number of benzene rings is 2. The number of aliphatic hydroxyl groups is 1. The molecule has 0 aliphatic carbocycles. The minimum absolute atomic E-state index is 0.0512. The van der Waals surface area contributed by atoms with Crippen LogP contribution in [0.25, 0.3) is 11.0 Å². The lowest BCUT2D eigenvalue weighted by Crippen LogP contribution is -2.56. The van der Waals surface area contributed by atoms with Crippen LogP contribution in [0.2, 0.25) is 0 Å². The van der Waals surface area contributed by atoms with E-state index in [1.807, 2.05) is 54.6 Å². The molecular formula is C37H44N6O7. The Bertz CT molecular complexity index is 1730. The van der Waals surface area contributed by atoms with E-state index in [2.05, 4.69) is 28.8 Å². The Balaban J connectivity index is 1.28. The lowest BCUT2D eigenvalue weighted by atomic mass is 9.70. The Morgan fingerprint density at radius 1 is 1.12 bits per heavy atom. The molecule has 3 amide bonds. The SMILES string of the molecule is C=CCCC(=O)NC[C@@H](OC(=O)[C@@H]1[C@@H]2CC[C@]3(O2)[C@H](C(=O)N(CC=C)Cn2nnc4ccccc42)N(CCCCO)C(=O)[C@@H]13)c1ccccc1. The van der Waals surface area contributed by atoms with Crippen LogP contribution in [0.15, 0.2) is 79.9 Å². The highest BCUT2D eigenvalue weighted by Crippen LogP contribution is 2.59. The summed E-state index contributed by atoms with van der Waals surface area (Å²) in [6, 6.07) is 15.6. The first kappa shape index (κ1) is 35.0. The molecule has 3 aliphatic heterocycles. The minimum Gasteiger partial charge on any atom is -0.455 e. The molecular weight excluding hydrogens is 640 g/mol. The van der Waals surface area contributed by atoms with Gasteiger partial charge in [0.1, 0.15) is 29.9 Å². The lowest BCUT2D eigenvalue weighted by molar-refractivity contribution is -0.160. The number of amides is 3. The monoisotopic (exact) mass is 684 g/mol. The molecule has 50 heavy (non-hydrogen) atoms. The van der Waals surface area contributed by atoms with Crippen molar-refractivity contribution in [3.8, 4) is 0 Å². The maximum atomic E-state index is 14.7. The topological polar surface area (TPSA) is 156 Å². The van der Waals surface area contributed by atoms with Gasteiger partial charge >= 0.3 is 5.97 Å². The van der Waals surface area contributed by atoms with E-state index < -0.39 is 41.7 Å². The third kappa shape index (κ3) is 6.67. The molecule has 3 aromatic rings. The number of aromatic nitrogens is 3. The molecule has 3 aliphatic rings. The summed E-state index contributed by atoms with van der Waals surface area (Å²) in [7, 11) is 0. The van der Waals surface area contributed by atoms with Crippen LogP contribution < -0.4 is 5.32 Å². The fourth-order valence-corrected chi connectivity index (χ4v) is 7.71. The molecule has 6 atom stereocenters. The summed E-state index contributed by atoms with van der Waals surface area (Å²) < 4.78 is 14.4. The summed E-state index contributed by atoms with van der Waals surface area (Å²) in [4.78, 5) is 58.9. The summed E-state index contributed by atoms with van der Waals surface area (Å²) in [6.45, 7) is 7.97. The number of carbonyl (C=O) groups excluding carboxylic acids is 4. The number of para-hydroxylation sites is 1. The maximum absolute atomic E-state index is 14.7. The van der Waals surface area contributed by atoms with Crippen molar-refractivity contribution < 1.29 is 33.8 Å². The Labute approximate surface area is 290 Å². The number of aliphatic hydroxyl groups excluding tert-OH is 1. The second kappa shape index (κ2) is 15.3. The van der Waals surface area contributed by atoms with Crippen molar-refractivity contribution in [3.63, 3.8) is 0 Å². The van der Waals surface area contributed by atoms with E-state index in [-0.39, 0.29) is 57.1 Å². The van der Waals surface area contributed by atoms with Crippen LogP contribution in [0.1, 0.15) is 50.2 Å². The van der Waals surface area contributed by atoms with Crippen LogP contribution in [-0.4, -0.2) is 97.6 Å². The van der Waals surface area contributed by atoms with Gasteiger partial charge in [0, 0.05) is 26.1 Å². The second-order valence-electron chi connectivity index (χ2n) is 13.1. The van der Waals surface area contributed by atoms with Crippen LogP contribution in [0.5, 0.6) is 0 Å². The van der Waals surface area contributed by atoms with Gasteiger partial charge < -0.3 is 29.7 Å². The Kier molecular flexibility index (Phi) is 10.7. The van der Waals surface area contributed by atoms with Crippen molar-refractivity contribution in [1.82, 2.24) is 30.1 Å². The van der Waals surface area contributed by atoms with Crippen molar-refractivity contribution >= 4 is 34.7 Å². The number of esters is 1. The number of allylic oxidation sites excluding steroid dienone is 1. The minimum atomic E-state index is -1.24. The van der Waals surface area contributed by atoms with Crippen molar-refractivity contribution in [3.05, 3.63) is 85.5 Å². The van der Waals surface area contributed by atoms with Crippen LogP contribution in [0.4, 0.5) is 0 Å². The fourth-order valence-electron chi connectivity index (χ4n) is 7.71. The third-order valence-electron chi connectivity index (χ3n) is 9.99. The molecule has 13 nitrogen and oxygen atoms in total. The van der Waals surface area contributed by atoms with E-state index in [1.54, 1.807) is 21.7 Å². The largest absolute Gasteiger partial charge is 0.455 e. The number of unbranched alkanes of at least 4 members (excludes halogenated alkanes) is 1. The highest BCUT2D eigenvalue weighted by atomic mass is 16.6. The highest BCUT2D eigenvalue weighted by Gasteiger charge is 2.75. The quantitative estimate of drug-likeness (QED) is 0.124. The van der Waals surface area contributed by atoms with Crippen LogP contribution in [0.3, 0.4) is 0 Å². The smallest absolute Gasteiger partial charge is 0.313 e. The molecule has 3 fully saturated rings. The molecule has 4 heterocycles. The van der Waals surface area contributed by atoms with Crippen LogP contribution in [0, 0.1) is 11.8 Å². The number of carbonyl (C=O) groups is 4. The van der Waals surface area contributed by atoms with Gasteiger partial charge in [-0.25, -0.2) is 4.68 Å². The predicted octanol–water partition coefficient (Wildman–Crippen LogP) is 2.92. The molecule has 1 spiro atoms. The molecule has 1 aromatic heterocycles. The summed E-state index contributed by atoms with van der Waals surface area (Å²) in [6.07, 6.45) is 4.43. The van der Waals surface area contributed by atoms with Crippen LogP contribution >= 0.6 is 0 Å². The fraction of sp³-hybridized carbons (Fsp3) is 0.459. The average molecular weight is 685 g/mol. The number of nitrogens with one attached hydrogen (secondary N) is 1. The van der Waals surface area contributed by atoms with Gasteiger partial charge in [0.05, 0.1) is 30.0 Å². The van der Waals surface area contributed by atoms with Gasteiger partial charge in [-0.2, -0.15) is 0 Å². The van der Waals surface area contributed by atoms with E-state index in [0.717, 1.165) is 5.52 Å². The van der Waals surface area contributed by atoms with Crippen molar-refractivity contribution in [1.29, 1.82) is 0 Å². The number of fused-ring (bicyclic) bond motifs is 2. The van der Waals surface area contributed by atoms with Crippen LogP contribution in [-0.2, 0) is 35.3 Å². The van der Waals surface area contributed by atoms with Gasteiger partial charge in [0.25, 0.3) is 0 Å². The van der Waals surface area contributed by atoms with Gasteiger partial charge in [-0.05, 0) is 49.8 Å². The maximum Gasteiger partial charge on any atom is 0.313 e. The van der Waals surface area contributed by atoms with Gasteiger partial charge in [0.15, 0.2) is 0 Å². The highest BCUT2D eigenvalue weighted by molar-refractivity contribution is 5.98. The summed E-state index contributed by atoms with van der Waals surface area (Å²) in [5.74, 6) is -3.37. The molecule has 6 rings (SSSR count). The number of likely N-dealkylation sites (tertiary alicyclic amines) is 1. The van der Waals surface area contributed by atoms with Gasteiger partial charge in [-0.1, -0.05) is 59.8 Å². The summed E-state index contributed by atoms with van der Waals surface area (Å²) >= 11 is 0. The standard InChI is InChI=1S/C37H44N6O7/c1-3-5-17-30(45)38-23-29(25-13-7-6-8-14-25)49-36(48)31-28-18-19-37(50-28)32(31)34(46)42(21-11-12-22-44)33(37)35(47)41(20-4-2)24-43-27-16-10-9-15-26(27)39-40-43/h3-4,6-10,13-16,28-29,31-33,44H,1-2,5,11-12,17-24H2,(H,38,45)/t28-,29+,31+,32+,33-,37+/m0/s1. The first-order valence-corrected chi connectivity index (χ1v) is 17.2. The van der Waals surface area contributed by atoms with Gasteiger partial charge in [-0.15, -0.1) is 18.3 Å². The van der Waals surface area contributed by atoms with E-state index >= 15 is 0 Å². The molecule has 2 aromatic carbocycles. The van der Waals surface area contributed by atoms with E-state index in [0.29, 0.717) is 43.2 Å². The molecule has 0 saturated carbocycles. The van der Waals surface area contributed by atoms with E-state index in [9.17, 15) is 24.3 Å². The van der Waals surface area contributed by atoms with Gasteiger partial charge in [0.2, 0.25) is 17.7 Å². The number of rotatable bonds is 17. The second-order valence-corrected chi connectivity index (χ2v) is 13.1. The van der Waals surface area contributed by atoms with Crippen molar-refractivity contribution in [2.75, 3.05) is 26.2 Å². The van der Waals surface area contributed by atoms with E-state index in [1.165, 1.54) is 4.90 Å². The lowest BCUT2D eigenvalue weighted by Gasteiger charge is -2.36. The first-order chi connectivity index (χ1) is 24.3. The number of ether oxygens (including phenoxy) is 2. The Morgan fingerprint density at radius 2 is 1.90 bits per heavy atom. The number of nitrogens with zero attached hydrogens (tertiary/aromatic N) is 5. The molecule has 13 heteroatoms. The third-order valence-corrected chi connectivity index (χ3v) is 9.99. The summed E-state index contributed by atoms with van der Waals surface area (Å²) in [5, 5.41) is 20.9. The normalized spacial score (nSPS) is 24.2. The zero-order chi connectivity index (χ0) is 35.3. The number of hydrogen-bond donors (Lipinski definition) is 2. The average Bonchev–Trinajstić information content (AvgIpc) is 3.88. The molecule has 264 valence electrons. The predicted molar refractivity (Wildman–Crippen MR) is 183 cm³/mol. The first-order valence-electron chi connectivity index (χ1n) is 17.2. The zero-order valence-corrected chi connectivity index (χ0v) is 28.1. The molecule has 2 N–H and O–H groups in total. The molecule has 0 unspecified atom stereocenters. The zero-order valence-electron chi connectivity index (χ0n) is 28.1. The van der Waals surface area contributed by atoms with Gasteiger partial charge in [-0.3, -0.25) is 19.2 Å². The number of hydrogen-bond acceptors (Lipinski definition) is 9. The van der Waals surface area contributed by atoms with E-state index in [4.69, 9.17) is 9.47 Å². The molecule has 2 bridgehead atoms. The molecule has 3 saturated heterocycles. The Morgan fingerprint density at radius 3 is 2.66 bits per heavy atom.